The van der Waals surface area contributed by atoms with E-state index in [9.17, 15) is 9.18 Å². The van der Waals surface area contributed by atoms with E-state index in [1.165, 1.54) is 30.9 Å². The summed E-state index contributed by atoms with van der Waals surface area (Å²) in [5, 5.41) is 1.24. The first-order chi connectivity index (χ1) is 14.5. The summed E-state index contributed by atoms with van der Waals surface area (Å²) in [6.07, 6.45) is 0.332. The van der Waals surface area contributed by atoms with E-state index in [0.29, 0.717) is 6.42 Å². The quantitative estimate of drug-likeness (QED) is 0.779. The number of aromatic amines is 1. The van der Waals surface area contributed by atoms with Gasteiger partial charge in [-0.3, -0.25) is 9.69 Å². The van der Waals surface area contributed by atoms with Crippen LogP contribution in [0.15, 0.2) is 18.2 Å². The Balaban J connectivity index is 1.52. The van der Waals surface area contributed by atoms with Gasteiger partial charge in [0, 0.05) is 42.9 Å². The monoisotopic (exact) mass is 416 g/mol. The van der Waals surface area contributed by atoms with Gasteiger partial charge < -0.3 is 19.2 Å². The summed E-state index contributed by atoms with van der Waals surface area (Å²) in [5.41, 5.74) is 3.66. The summed E-state index contributed by atoms with van der Waals surface area (Å²) in [4.78, 5) is 18.7. The molecule has 1 saturated heterocycles. The zero-order valence-corrected chi connectivity index (χ0v) is 17.7. The molecule has 6 unspecified atom stereocenters. The molecule has 3 aliphatic rings. The lowest BCUT2D eigenvalue weighted by molar-refractivity contribution is -0.169. The maximum Gasteiger partial charge on any atom is 0.311 e. The zero-order valence-electron chi connectivity index (χ0n) is 17.7. The number of ether oxygens (including phenoxy) is 3. The predicted octanol–water partition coefficient (Wildman–Crippen LogP) is 3.26. The lowest BCUT2D eigenvalue weighted by Gasteiger charge is -2.52. The van der Waals surface area contributed by atoms with Gasteiger partial charge in [-0.25, -0.2) is 4.39 Å². The SMILES string of the molecule is COC(=O)C1C2CC3c4[nH]c5cc(OC)ccc5c4CCN3CC2CC(F)C1OC. The van der Waals surface area contributed by atoms with E-state index in [2.05, 4.69) is 16.0 Å². The number of piperidine rings is 1. The third-order valence-corrected chi connectivity index (χ3v) is 7.58. The topological polar surface area (TPSA) is 63.8 Å². The van der Waals surface area contributed by atoms with Gasteiger partial charge in [0.15, 0.2) is 0 Å². The number of aromatic nitrogens is 1. The molecule has 5 rings (SSSR count). The highest BCUT2D eigenvalue weighted by molar-refractivity contribution is 5.86. The van der Waals surface area contributed by atoms with Gasteiger partial charge in [0.05, 0.1) is 26.2 Å². The van der Waals surface area contributed by atoms with Crippen LogP contribution in [0.2, 0.25) is 0 Å². The van der Waals surface area contributed by atoms with Gasteiger partial charge in [-0.1, -0.05) is 0 Å². The van der Waals surface area contributed by atoms with E-state index in [1.807, 2.05) is 12.1 Å². The zero-order chi connectivity index (χ0) is 21.0. The molecule has 7 heteroatoms. The van der Waals surface area contributed by atoms with Crippen molar-refractivity contribution in [1.82, 2.24) is 9.88 Å². The number of esters is 1. The van der Waals surface area contributed by atoms with Crippen molar-refractivity contribution in [1.29, 1.82) is 0 Å². The number of nitrogens with zero attached hydrogens (tertiary/aromatic N) is 1. The number of benzene rings is 1. The number of methoxy groups -OCH3 is 3. The summed E-state index contributed by atoms with van der Waals surface area (Å²) in [6.45, 7) is 1.76. The molecule has 6 nitrogen and oxygen atoms in total. The molecule has 1 aliphatic carbocycles. The Bertz CT molecular complexity index is 960. The van der Waals surface area contributed by atoms with Crippen LogP contribution in [0.4, 0.5) is 4.39 Å². The van der Waals surface area contributed by atoms with E-state index in [4.69, 9.17) is 14.2 Å². The standard InChI is InChI=1S/C23H29FN2O4/c1-28-13-4-5-14-15-6-7-26-11-12-8-17(24)22(29-2)20(23(27)30-3)16(12)10-19(26)21(15)25-18(14)9-13/h4-5,9,12,16-17,19-20,22,25H,6-8,10-11H2,1-3H3. The number of alkyl halides is 1. The van der Waals surface area contributed by atoms with Gasteiger partial charge in [0.1, 0.15) is 18.0 Å². The van der Waals surface area contributed by atoms with Crippen molar-refractivity contribution in [2.45, 2.75) is 37.6 Å². The highest BCUT2D eigenvalue weighted by Gasteiger charge is 2.53. The number of fused-ring (bicyclic) bond motifs is 6. The summed E-state index contributed by atoms with van der Waals surface area (Å²) in [6, 6.07) is 6.35. The van der Waals surface area contributed by atoms with Gasteiger partial charge in [-0.05, 0) is 48.8 Å². The number of H-pyrrole nitrogens is 1. The normalized spacial score (nSPS) is 33.5. The molecular weight excluding hydrogens is 387 g/mol. The summed E-state index contributed by atoms with van der Waals surface area (Å²) >= 11 is 0. The van der Waals surface area contributed by atoms with Crippen LogP contribution in [0, 0.1) is 17.8 Å². The van der Waals surface area contributed by atoms with Crippen LogP contribution in [-0.2, 0) is 20.7 Å². The van der Waals surface area contributed by atoms with E-state index in [1.54, 1.807) is 7.11 Å². The van der Waals surface area contributed by atoms with E-state index < -0.39 is 18.2 Å². The molecule has 2 aromatic rings. The van der Waals surface area contributed by atoms with Crippen molar-refractivity contribution in [2.24, 2.45) is 17.8 Å². The maximum atomic E-state index is 14.9. The predicted molar refractivity (Wildman–Crippen MR) is 110 cm³/mol. The van der Waals surface area contributed by atoms with E-state index >= 15 is 0 Å². The number of carbonyl (C=O) groups excluding carboxylic acids is 1. The fourth-order valence-corrected chi connectivity index (χ4v) is 6.22. The minimum Gasteiger partial charge on any atom is -0.497 e. The van der Waals surface area contributed by atoms with Gasteiger partial charge in [0.25, 0.3) is 0 Å². The Morgan fingerprint density at radius 2 is 2.07 bits per heavy atom. The molecule has 1 aromatic heterocycles. The molecule has 2 fully saturated rings. The van der Waals surface area contributed by atoms with Gasteiger partial charge >= 0.3 is 5.97 Å². The molecule has 1 N–H and O–H groups in total. The minimum absolute atomic E-state index is 0.0440. The third-order valence-electron chi connectivity index (χ3n) is 7.58. The van der Waals surface area contributed by atoms with E-state index in [0.717, 1.165) is 37.2 Å². The van der Waals surface area contributed by atoms with Crippen molar-refractivity contribution in [3.63, 3.8) is 0 Å². The largest absolute Gasteiger partial charge is 0.497 e. The molecule has 6 atom stereocenters. The molecule has 0 bridgehead atoms. The first-order valence-corrected chi connectivity index (χ1v) is 10.7. The van der Waals surface area contributed by atoms with E-state index in [-0.39, 0.29) is 23.8 Å². The van der Waals surface area contributed by atoms with Crippen LogP contribution in [0.25, 0.3) is 10.9 Å². The number of hydrogen-bond acceptors (Lipinski definition) is 5. The number of hydrogen-bond donors (Lipinski definition) is 1. The van der Waals surface area contributed by atoms with Crippen LogP contribution < -0.4 is 4.74 Å². The van der Waals surface area contributed by atoms with Crippen LogP contribution >= 0.6 is 0 Å². The minimum atomic E-state index is -1.14. The van der Waals surface area contributed by atoms with Crippen molar-refractivity contribution < 1.29 is 23.4 Å². The second kappa shape index (κ2) is 7.54. The average molecular weight is 416 g/mol. The summed E-state index contributed by atoms with van der Waals surface area (Å²) in [7, 11) is 4.55. The molecule has 1 aromatic carbocycles. The molecule has 30 heavy (non-hydrogen) atoms. The average Bonchev–Trinajstić information content (AvgIpc) is 3.14. The summed E-state index contributed by atoms with van der Waals surface area (Å²) < 4.78 is 30.8. The molecular formula is C23H29FN2O4. The Kier molecular flexibility index (Phi) is 4.98. The first-order valence-electron chi connectivity index (χ1n) is 10.7. The lowest BCUT2D eigenvalue weighted by atomic mass is 9.64. The number of rotatable bonds is 3. The lowest BCUT2D eigenvalue weighted by Crippen LogP contribution is -2.56. The number of carbonyl (C=O) groups is 1. The van der Waals surface area contributed by atoms with Crippen molar-refractivity contribution in [3.8, 4) is 5.75 Å². The molecule has 162 valence electrons. The van der Waals surface area contributed by atoms with Crippen LogP contribution in [0.5, 0.6) is 5.75 Å². The fraction of sp³-hybridized carbons (Fsp3) is 0.609. The molecule has 0 amide bonds. The van der Waals surface area contributed by atoms with Crippen molar-refractivity contribution in [2.75, 3.05) is 34.4 Å². The summed E-state index contributed by atoms with van der Waals surface area (Å²) in [5.74, 6) is 0.0905. The second-order valence-corrected chi connectivity index (χ2v) is 8.85. The van der Waals surface area contributed by atoms with Crippen LogP contribution in [0.1, 0.15) is 30.1 Å². The van der Waals surface area contributed by atoms with Gasteiger partial charge in [0.2, 0.25) is 0 Å². The molecule has 2 aliphatic heterocycles. The van der Waals surface area contributed by atoms with Gasteiger partial charge in [-0.15, -0.1) is 0 Å². The molecule has 0 spiro atoms. The Morgan fingerprint density at radius 3 is 2.80 bits per heavy atom. The second-order valence-electron chi connectivity index (χ2n) is 8.85. The smallest absolute Gasteiger partial charge is 0.311 e. The fourth-order valence-electron chi connectivity index (χ4n) is 6.22. The molecule has 0 radical (unpaired) electrons. The highest BCUT2D eigenvalue weighted by atomic mass is 19.1. The van der Waals surface area contributed by atoms with Crippen molar-refractivity contribution >= 4 is 16.9 Å². The van der Waals surface area contributed by atoms with Gasteiger partial charge in [-0.2, -0.15) is 0 Å². The Labute approximate surface area is 175 Å². The van der Waals surface area contributed by atoms with Crippen LogP contribution in [-0.4, -0.2) is 62.5 Å². The molecule has 3 heterocycles. The van der Waals surface area contributed by atoms with Crippen molar-refractivity contribution in [3.05, 3.63) is 29.5 Å². The number of nitrogens with one attached hydrogen (secondary N) is 1. The highest BCUT2D eigenvalue weighted by Crippen LogP contribution is 2.50. The Hall–Kier alpha value is -2.12. The van der Waals surface area contributed by atoms with Crippen LogP contribution in [0.3, 0.4) is 0 Å². The Morgan fingerprint density at radius 1 is 1.23 bits per heavy atom. The maximum absolute atomic E-state index is 14.9. The number of halogens is 1. The molecule has 1 saturated carbocycles. The first kappa shape index (κ1) is 19.8. The third kappa shape index (κ3) is 2.94.